The molecule has 1 aromatic rings. The summed E-state index contributed by atoms with van der Waals surface area (Å²) < 4.78 is 29.7. The van der Waals surface area contributed by atoms with Crippen molar-refractivity contribution in [2.45, 2.75) is 51.2 Å². The Kier molecular flexibility index (Phi) is 4.62. The molecule has 1 unspecified atom stereocenters. The van der Waals surface area contributed by atoms with Crippen LogP contribution in [-0.2, 0) is 14.8 Å². The molecule has 1 N–H and O–H groups in total. The summed E-state index contributed by atoms with van der Waals surface area (Å²) in [5.74, 6) is -0.231. The Morgan fingerprint density at radius 2 is 2.14 bits per heavy atom. The van der Waals surface area contributed by atoms with E-state index in [1.807, 2.05) is 13.8 Å². The molecule has 1 atom stereocenters. The summed E-state index contributed by atoms with van der Waals surface area (Å²) >= 11 is 0. The average Bonchev–Trinajstić information content (AvgIpc) is 2.83. The van der Waals surface area contributed by atoms with Crippen LogP contribution in [-0.4, -0.2) is 41.6 Å². The number of amides is 1. The van der Waals surface area contributed by atoms with Gasteiger partial charge in [-0.1, -0.05) is 19.0 Å². The molecule has 2 heterocycles. The predicted octanol–water partition coefficient (Wildman–Crippen LogP) is 1.94. The van der Waals surface area contributed by atoms with Gasteiger partial charge < -0.3 is 4.52 Å². The Morgan fingerprint density at radius 3 is 2.64 bits per heavy atom. The van der Waals surface area contributed by atoms with Crippen LogP contribution in [0.3, 0.4) is 0 Å². The molecule has 22 heavy (non-hydrogen) atoms. The van der Waals surface area contributed by atoms with Gasteiger partial charge in [0.15, 0.2) is 4.75 Å². The summed E-state index contributed by atoms with van der Waals surface area (Å²) in [5.41, 5.74) is 0.737. The SMILES string of the molecule is CCC(C)c1cc(NC(=O)C(C)(C)S(=O)(=O)N2CCC2)on1. The Bertz CT molecular complexity index is 647. The van der Waals surface area contributed by atoms with Crippen LogP contribution in [0.1, 0.15) is 52.1 Å². The highest BCUT2D eigenvalue weighted by molar-refractivity contribution is 7.91. The molecule has 1 aliphatic heterocycles. The minimum atomic E-state index is -3.68. The zero-order valence-corrected chi connectivity index (χ0v) is 14.2. The van der Waals surface area contributed by atoms with Crippen molar-refractivity contribution >= 4 is 21.8 Å². The van der Waals surface area contributed by atoms with Crippen molar-refractivity contribution in [2.24, 2.45) is 0 Å². The molecule has 1 amide bonds. The summed E-state index contributed by atoms with van der Waals surface area (Å²) in [6.45, 7) is 7.78. The Morgan fingerprint density at radius 1 is 1.50 bits per heavy atom. The second kappa shape index (κ2) is 6.00. The molecule has 1 aliphatic rings. The maximum Gasteiger partial charge on any atom is 0.249 e. The van der Waals surface area contributed by atoms with Crippen LogP contribution in [0.2, 0.25) is 0 Å². The van der Waals surface area contributed by atoms with Gasteiger partial charge >= 0.3 is 0 Å². The van der Waals surface area contributed by atoms with Crippen molar-refractivity contribution < 1.29 is 17.7 Å². The number of sulfonamides is 1. The van der Waals surface area contributed by atoms with Gasteiger partial charge in [-0.25, -0.2) is 12.7 Å². The summed E-state index contributed by atoms with van der Waals surface area (Å²) in [5, 5.41) is 6.41. The third-order valence-electron chi connectivity index (χ3n) is 4.23. The summed E-state index contributed by atoms with van der Waals surface area (Å²) in [6, 6.07) is 1.64. The van der Waals surface area contributed by atoms with Crippen LogP contribution < -0.4 is 5.32 Å². The normalized spacial score (nSPS) is 17.8. The van der Waals surface area contributed by atoms with E-state index < -0.39 is 20.7 Å². The highest BCUT2D eigenvalue weighted by Crippen LogP contribution is 2.27. The van der Waals surface area contributed by atoms with Crippen molar-refractivity contribution in [2.75, 3.05) is 18.4 Å². The van der Waals surface area contributed by atoms with Gasteiger partial charge in [-0.2, -0.15) is 0 Å². The van der Waals surface area contributed by atoms with E-state index in [2.05, 4.69) is 10.5 Å². The van der Waals surface area contributed by atoms with Gasteiger partial charge in [0.05, 0.1) is 5.69 Å². The van der Waals surface area contributed by atoms with Gasteiger partial charge in [0.25, 0.3) is 0 Å². The Hall–Kier alpha value is -1.41. The van der Waals surface area contributed by atoms with E-state index in [1.54, 1.807) is 6.07 Å². The zero-order chi connectivity index (χ0) is 16.5. The molecule has 0 aromatic carbocycles. The van der Waals surface area contributed by atoms with E-state index in [9.17, 15) is 13.2 Å². The fraction of sp³-hybridized carbons (Fsp3) is 0.714. The van der Waals surface area contributed by atoms with Gasteiger partial charge in [0, 0.05) is 25.1 Å². The Labute approximate surface area is 131 Å². The van der Waals surface area contributed by atoms with Gasteiger partial charge in [-0.15, -0.1) is 0 Å². The van der Waals surface area contributed by atoms with E-state index in [0.717, 1.165) is 18.5 Å². The molecule has 0 bridgehead atoms. The van der Waals surface area contributed by atoms with E-state index in [1.165, 1.54) is 18.2 Å². The number of carbonyl (C=O) groups is 1. The van der Waals surface area contributed by atoms with Crippen LogP contribution in [0.15, 0.2) is 10.6 Å². The molecule has 7 nitrogen and oxygen atoms in total. The minimum absolute atomic E-state index is 0.173. The lowest BCUT2D eigenvalue weighted by molar-refractivity contribution is -0.118. The largest absolute Gasteiger partial charge is 0.338 e. The molecule has 2 rings (SSSR count). The van der Waals surface area contributed by atoms with E-state index in [-0.39, 0.29) is 11.8 Å². The average molecular weight is 329 g/mol. The van der Waals surface area contributed by atoms with Gasteiger partial charge in [0.2, 0.25) is 21.8 Å². The van der Waals surface area contributed by atoms with E-state index in [4.69, 9.17) is 4.52 Å². The first-order chi connectivity index (χ1) is 10.2. The van der Waals surface area contributed by atoms with E-state index in [0.29, 0.717) is 13.1 Å². The summed E-state index contributed by atoms with van der Waals surface area (Å²) in [6.07, 6.45) is 1.73. The third kappa shape index (κ3) is 2.89. The number of rotatable bonds is 6. The van der Waals surface area contributed by atoms with Crippen molar-refractivity contribution in [1.29, 1.82) is 0 Å². The lowest BCUT2D eigenvalue weighted by Gasteiger charge is -2.36. The van der Waals surface area contributed by atoms with E-state index >= 15 is 0 Å². The quantitative estimate of drug-likeness (QED) is 0.861. The van der Waals surface area contributed by atoms with Crippen molar-refractivity contribution in [3.8, 4) is 0 Å². The number of anilines is 1. The van der Waals surface area contributed by atoms with Crippen molar-refractivity contribution in [3.63, 3.8) is 0 Å². The molecule has 1 saturated heterocycles. The topological polar surface area (TPSA) is 92.5 Å². The second-order valence-corrected chi connectivity index (χ2v) is 8.63. The fourth-order valence-corrected chi connectivity index (χ4v) is 3.69. The number of hydrogen-bond donors (Lipinski definition) is 1. The maximum absolute atomic E-state index is 12.4. The molecule has 1 aromatic heterocycles. The summed E-state index contributed by atoms with van der Waals surface area (Å²) in [4.78, 5) is 12.4. The number of aromatic nitrogens is 1. The molecule has 1 fully saturated rings. The van der Waals surface area contributed by atoms with Crippen LogP contribution in [0.5, 0.6) is 0 Å². The third-order valence-corrected chi connectivity index (χ3v) is 6.75. The molecular weight excluding hydrogens is 306 g/mol. The highest BCUT2D eigenvalue weighted by Gasteiger charge is 2.47. The van der Waals surface area contributed by atoms with Gasteiger partial charge in [0.1, 0.15) is 0 Å². The monoisotopic (exact) mass is 329 g/mol. The van der Waals surface area contributed by atoms with Crippen LogP contribution in [0.25, 0.3) is 0 Å². The first-order valence-electron chi connectivity index (χ1n) is 7.48. The smallest absolute Gasteiger partial charge is 0.249 e. The molecule has 0 saturated carbocycles. The number of hydrogen-bond acceptors (Lipinski definition) is 5. The number of carbonyl (C=O) groups excluding carboxylic acids is 1. The Balaban J connectivity index is 2.12. The molecule has 8 heteroatoms. The maximum atomic E-state index is 12.4. The standard InChI is InChI=1S/C14H23N3O4S/c1-5-10(2)11-9-12(21-16-11)15-13(18)14(3,4)22(19,20)17-7-6-8-17/h9-10H,5-8H2,1-4H3,(H,15,18). The highest BCUT2D eigenvalue weighted by atomic mass is 32.2. The first kappa shape index (κ1) is 17.0. The molecule has 124 valence electrons. The predicted molar refractivity (Wildman–Crippen MR) is 83.0 cm³/mol. The second-order valence-electron chi connectivity index (χ2n) is 6.15. The molecule has 0 spiro atoms. The van der Waals surface area contributed by atoms with Crippen LogP contribution >= 0.6 is 0 Å². The summed E-state index contributed by atoms with van der Waals surface area (Å²) in [7, 11) is -3.68. The van der Waals surface area contributed by atoms with Gasteiger partial charge in [-0.05, 0) is 26.7 Å². The number of nitrogens with zero attached hydrogens (tertiary/aromatic N) is 2. The van der Waals surface area contributed by atoms with Crippen molar-refractivity contribution in [3.05, 3.63) is 11.8 Å². The number of nitrogens with one attached hydrogen (secondary N) is 1. The van der Waals surface area contributed by atoms with Crippen molar-refractivity contribution in [1.82, 2.24) is 9.46 Å². The molecule has 0 radical (unpaired) electrons. The lowest BCUT2D eigenvalue weighted by atomic mass is 10.1. The molecule has 0 aliphatic carbocycles. The zero-order valence-electron chi connectivity index (χ0n) is 13.4. The van der Waals surface area contributed by atoms with Crippen LogP contribution in [0.4, 0.5) is 5.88 Å². The van der Waals surface area contributed by atoms with Crippen LogP contribution in [0, 0.1) is 0 Å². The fourth-order valence-electron chi connectivity index (χ4n) is 2.02. The van der Waals surface area contributed by atoms with Gasteiger partial charge in [-0.3, -0.25) is 10.1 Å². The minimum Gasteiger partial charge on any atom is -0.338 e. The first-order valence-corrected chi connectivity index (χ1v) is 8.92. The molecular formula is C14H23N3O4S. The lowest BCUT2D eigenvalue weighted by Crippen LogP contribution is -2.55.